The van der Waals surface area contributed by atoms with Gasteiger partial charge in [0.25, 0.3) is 5.69 Å². The molecule has 1 aliphatic heterocycles. The minimum absolute atomic E-state index is 0.168. The van der Waals surface area contributed by atoms with E-state index < -0.39 is 0 Å². The number of hydrogen-bond donors (Lipinski definition) is 0. The van der Waals surface area contributed by atoms with Crippen molar-refractivity contribution in [1.29, 1.82) is 0 Å². The van der Waals surface area contributed by atoms with Gasteiger partial charge in [0, 0.05) is 18.7 Å². The van der Waals surface area contributed by atoms with Crippen LogP contribution in [-0.2, 0) is 6.54 Å². The predicted molar refractivity (Wildman–Crippen MR) is 81.6 cm³/mol. The Kier molecular flexibility index (Phi) is 4.08. The average molecular weight is 339 g/mol. The van der Waals surface area contributed by atoms with E-state index in [4.69, 9.17) is 0 Å². The summed E-state index contributed by atoms with van der Waals surface area (Å²) in [6, 6.07) is 6.20. The van der Waals surface area contributed by atoms with Crippen LogP contribution in [0.15, 0.2) is 22.7 Å². The summed E-state index contributed by atoms with van der Waals surface area (Å²) >= 11 is 3.24. The topological polar surface area (TPSA) is 46.4 Å². The molecule has 1 aliphatic carbocycles. The van der Waals surface area contributed by atoms with E-state index in [0.29, 0.717) is 10.5 Å². The van der Waals surface area contributed by atoms with E-state index in [-0.39, 0.29) is 10.6 Å². The molecule has 1 aromatic carbocycles. The molecule has 0 amide bonds. The first-order valence-electron chi connectivity index (χ1n) is 7.32. The molecule has 20 heavy (non-hydrogen) atoms. The number of nitro benzene ring substituents is 1. The zero-order valence-corrected chi connectivity index (χ0v) is 13.0. The van der Waals surface area contributed by atoms with Crippen molar-refractivity contribution < 1.29 is 4.92 Å². The van der Waals surface area contributed by atoms with E-state index in [2.05, 4.69) is 20.8 Å². The van der Waals surface area contributed by atoms with Gasteiger partial charge in [-0.1, -0.05) is 18.9 Å². The molecule has 1 aromatic rings. The van der Waals surface area contributed by atoms with E-state index in [1.165, 1.54) is 32.1 Å². The van der Waals surface area contributed by atoms with Crippen LogP contribution >= 0.6 is 15.9 Å². The van der Waals surface area contributed by atoms with Gasteiger partial charge < -0.3 is 0 Å². The molecule has 0 spiro atoms. The molecule has 2 atom stereocenters. The van der Waals surface area contributed by atoms with Gasteiger partial charge >= 0.3 is 0 Å². The van der Waals surface area contributed by atoms with Gasteiger partial charge in [0.2, 0.25) is 0 Å². The number of halogens is 1. The van der Waals surface area contributed by atoms with Crippen LogP contribution in [0.4, 0.5) is 5.69 Å². The molecule has 2 unspecified atom stereocenters. The zero-order chi connectivity index (χ0) is 14.1. The maximum absolute atomic E-state index is 11.0. The lowest BCUT2D eigenvalue weighted by atomic mass is 9.85. The Bertz CT molecular complexity index is 521. The number of rotatable bonds is 3. The van der Waals surface area contributed by atoms with Gasteiger partial charge in [-0.2, -0.15) is 0 Å². The normalized spacial score (nSPS) is 26.4. The van der Waals surface area contributed by atoms with Crippen LogP contribution in [0.5, 0.6) is 0 Å². The molecule has 3 rings (SSSR count). The van der Waals surface area contributed by atoms with Gasteiger partial charge in [0.05, 0.1) is 9.40 Å². The van der Waals surface area contributed by atoms with Crippen molar-refractivity contribution >= 4 is 21.6 Å². The largest absolute Gasteiger partial charge is 0.296 e. The fraction of sp³-hybridized carbons (Fsp3) is 0.600. The van der Waals surface area contributed by atoms with Gasteiger partial charge in [-0.15, -0.1) is 0 Å². The van der Waals surface area contributed by atoms with E-state index in [1.54, 1.807) is 12.1 Å². The highest BCUT2D eigenvalue weighted by atomic mass is 79.9. The van der Waals surface area contributed by atoms with Gasteiger partial charge in [0.1, 0.15) is 0 Å². The molecule has 0 aromatic heterocycles. The van der Waals surface area contributed by atoms with Crippen molar-refractivity contribution in [1.82, 2.24) is 4.90 Å². The maximum Gasteiger partial charge on any atom is 0.283 e. The Morgan fingerprint density at radius 1 is 1.30 bits per heavy atom. The van der Waals surface area contributed by atoms with Crippen molar-refractivity contribution in [3.05, 3.63) is 38.3 Å². The lowest BCUT2D eigenvalue weighted by Gasteiger charge is -2.31. The first-order valence-corrected chi connectivity index (χ1v) is 8.11. The Hall–Kier alpha value is -0.940. The molecule has 108 valence electrons. The summed E-state index contributed by atoms with van der Waals surface area (Å²) in [5.41, 5.74) is 1.22. The zero-order valence-electron chi connectivity index (χ0n) is 11.4. The summed E-state index contributed by atoms with van der Waals surface area (Å²) < 4.78 is 0.559. The number of nitro groups is 1. The molecule has 1 saturated carbocycles. The first kappa shape index (κ1) is 14.0. The van der Waals surface area contributed by atoms with Gasteiger partial charge in [-0.25, -0.2) is 0 Å². The summed E-state index contributed by atoms with van der Waals surface area (Å²) in [6.45, 7) is 1.98. The van der Waals surface area contributed by atoms with Gasteiger partial charge in [0.15, 0.2) is 0 Å². The minimum Gasteiger partial charge on any atom is -0.296 e. The second-order valence-corrected chi connectivity index (χ2v) is 6.77. The molecule has 1 saturated heterocycles. The summed E-state index contributed by atoms with van der Waals surface area (Å²) in [5, 5.41) is 11.0. The summed E-state index contributed by atoms with van der Waals surface area (Å²) in [6.07, 6.45) is 6.66. The molecular formula is C15H19BrN2O2. The van der Waals surface area contributed by atoms with Crippen LogP contribution in [0.3, 0.4) is 0 Å². The first-order chi connectivity index (χ1) is 9.65. The van der Waals surface area contributed by atoms with Crippen LogP contribution in [0.25, 0.3) is 0 Å². The van der Waals surface area contributed by atoms with Crippen LogP contribution in [-0.4, -0.2) is 22.4 Å². The van der Waals surface area contributed by atoms with Gasteiger partial charge in [-0.05, 0) is 59.3 Å². The van der Waals surface area contributed by atoms with E-state index >= 15 is 0 Å². The average Bonchev–Trinajstić information content (AvgIpc) is 2.84. The number of benzene rings is 1. The highest BCUT2D eigenvalue weighted by molar-refractivity contribution is 9.10. The second-order valence-electron chi connectivity index (χ2n) is 5.91. The summed E-state index contributed by atoms with van der Waals surface area (Å²) in [7, 11) is 0. The summed E-state index contributed by atoms with van der Waals surface area (Å²) in [5.74, 6) is 0.856. The van der Waals surface area contributed by atoms with Crippen molar-refractivity contribution in [2.45, 2.75) is 44.7 Å². The van der Waals surface area contributed by atoms with Crippen molar-refractivity contribution in [3.63, 3.8) is 0 Å². The number of hydrogen-bond acceptors (Lipinski definition) is 3. The molecule has 5 heteroatoms. The molecule has 0 N–H and O–H groups in total. The molecule has 4 nitrogen and oxygen atoms in total. The van der Waals surface area contributed by atoms with Crippen LogP contribution in [0.1, 0.15) is 37.7 Å². The third-order valence-corrected chi connectivity index (χ3v) is 5.39. The number of likely N-dealkylation sites (tertiary alicyclic amines) is 1. The lowest BCUT2D eigenvalue weighted by Crippen LogP contribution is -2.34. The lowest BCUT2D eigenvalue weighted by molar-refractivity contribution is -0.385. The van der Waals surface area contributed by atoms with Gasteiger partial charge in [-0.3, -0.25) is 15.0 Å². The second kappa shape index (κ2) is 5.82. The Balaban J connectivity index is 1.74. The smallest absolute Gasteiger partial charge is 0.283 e. The van der Waals surface area contributed by atoms with Crippen LogP contribution in [0, 0.1) is 16.0 Å². The van der Waals surface area contributed by atoms with Crippen molar-refractivity contribution in [3.8, 4) is 0 Å². The number of fused-ring (bicyclic) bond motifs is 1. The SMILES string of the molecule is O=[N+]([O-])c1cc(CN2CCC3CCCCC32)ccc1Br. The van der Waals surface area contributed by atoms with Crippen LogP contribution < -0.4 is 0 Å². The number of nitrogens with zero attached hydrogens (tertiary/aromatic N) is 2. The molecule has 2 fully saturated rings. The summed E-state index contributed by atoms with van der Waals surface area (Å²) in [4.78, 5) is 13.2. The van der Waals surface area contributed by atoms with Crippen molar-refractivity contribution in [2.24, 2.45) is 5.92 Å². The standard InChI is InChI=1S/C15H19BrN2O2/c16-13-6-5-11(9-15(13)18(19)20)10-17-8-7-12-3-1-2-4-14(12)17/h5-6,9,12,14H,1-4,7-8,10H2. The quantitative estimate of drug-likeness (QED) is 0.615. The fourth-order valence-electron chi connectivity index (χ4n) is 3.73. The third-order valence-electron chi connectivity index (χ3n) is 4.72. The van der Waals surface area contributed by atoms with E-state index in [0.717, 1.165) is 24.6 Å². The highest BCUT2D eigenvalue weighted by Gasteiger charge is 2.35. The Labute approximate surface area is 127 Å². The van der Waals surface area contributed by atoms with E-state index in [1.807, 2.05) is 6.07 Å². The van der Waals surface area contributed by atoms with Crippen molar-refractivity contribution in [2.75, 3.05) is 6.54 Å². The Morgan fingerprint density at radius 3 is 2.90 bits per heavy atom. The molecule has 1 heterocycles. The molecule has 0 bridgehead atoms. The Morgan fingerprint density at radius 2 is 2.10 bits per heavy atom. The minimum atomic E-state index is -0.318. The van der Waals surface area contributed by atoms with E-state index in [9.17, 15) is 10.1 Å². The van der Waals surface area contributed by atoms with Crippen LogP contribution in [0.2, 0.25) is 0 Å². The monoisotopic (exact) mass is 338 g/mol. The molecule has 2 aliphatic rings. The highest BCUT2D eigenvalue weighted by Crippen LogP contribution is 2.37. The maximum atomic E-state index is 11.0. The molecule has 0 radical (unpaired) electrons. The molecular weight excluding hydrogens is 320 g/mol. The third kappa shape index (κ3) is 2.74. The fourth-order valence-corrected chi connectivity index (χ4v) is 4.12. The predicted octanol–water partition coefficient (Wildman–Crippen LogP) is 4.12.